The van der Waals surface area contributed by atoms with Gasteiger partial charge in [0.1, 0.15) is 0 Å². The minimum absolute atomic E-state index is 0.286. The number of amides is 1. The van der Waals surface area contributed by atoms with Crippen molar-refractivity contribution in [2.45, 2.75) is 32.0 Å². The molecule has 0 radical (unpaired) electrons. The third-order valence-electron chi connectivity index (χ3n) is 6.96. The Kier molecular flexibility index (Phi) is 6.38. The number of rotatable bonds is 4. The second kappa shape index (κ2) is 9.47. The predicted molar refractivity (Wildman–Crippen MR) is 130 cm³/mol. The van der Waals surface area contributed by atoms with E-state index in [1.807, 2.05) is 25.1 Å². The zero-order valence-electron chi connectivity index (χ0n) is 19.5. The Morgan fingerprint density at radius 2 is 1.69 bits per heavy atom. The van der Waals surface area contributed by atoms with E-state index in [2.05, 4.69) is 16.3 Å². The van der Waals surface area contributed by atoms with Gasteiger partial charge in [0.25, 0.3) is 5.91 Å². The number of aryl methyl sites for hydroxylation is 1. The third-order valence-corrected chi connectivity index (χ3v) is 6.96. The van der Waals surface area contributed by atoms with Gasteiger partial charge >= 0.3 is 6.18 Å². The number of nitrogens with zero attached hydrogens (tertiary/aromatic N) is 1. The summed E-state index contributed by atoms with van der Waals surface area (Å²) in [6.45, 7) is 5.29. The first-order chi connectivity index (χ1) is 16.8. The minimum atomic E-state index is -4.40. The van der Waals surface area contributed by atoms with Gasteiger partial charge in [0, 0.05) is 30.4 Å². The van der Waals surface area contributed by atoms with Crippen molar-refractivity contribution in [3.8, 4) is 11.1 Å². The number of hydrogen-bond donors (Lipinski definition) is 1. The number of carbonyl (C=O) groups is 1. The van der Waals surface area contributed by atoms with Crippen LogP contribution in [0, 0.1) is 6.92 Å². The molecule has 3 aromatic carbocycles. The van der Waals surface area contributed by atoms with Crippen molar-refractivity contribution in [2.75, 3.05) is 31.6 Å². The molecule has 7 heteroatoms. The third kappa shape index (κ3) is 4.97. The first-order valence-corrected chi connectivity index (χ1v) is 11.8. The van der Waals surface area contributed by atoms with Crippen molar-refractivity contribution in [3.05, 3.63) is 88.5 Å². The lowest BCUT2D eigenvalue weighted by atomic mass is 9.93. The molecule has 35 heavy (non-hydrogen) atoms. The number of alkyl halides is 3. The van der Waals surface area contributed by atoms with Gasteiger partial charge in [-0.1, -0.05) is 30.3 Å². The fourth-order valence-electron chi connectivity index (χ4n) is 5.14. The van der Waals surface area contributed by atoms with Crippen LogP contribution in [-0.2, 0) is 23.8 Å². The van der Waals surface area contributed by atoms with Crippen LogP contribution >= 0.6 is 0 Å². The molecule has 182 valence electrons. The number of hydrogen-bond acceptors (Lipinski definition) is 3. The summed E-state index contributed by atoms with van der Waals surface area (Å²) >= 11 is 0. The molecular formula is C28H27F3N2O2. The topological polar surface area (TPSA) is 41.6 Å². The van der Waals surface area contributed by atoms with E-state index in [1.54, 1.807) is 12.1 Å². The van der Waals surface area contributed by atoms with Crippen molar-refractivity contribution in [1.82, 2.24) is 4.90 Å². The molecule has 0 saturated carbocycles. The van der Waals surface area contributed by atoms with E-state index < -0.39 is 11.7 Å². The largest absolute Gasteiger partial charge is 0.416 e. The van der Waals surface area contributed by atoms with Gasteiger partial charge in [-0.2, -0.15) is 13.2 Å². The smallest absolute Gasteiger partial charge is 0.379 e. The zero-order chi connectivity index (χ0) is 24.6. The number of anilines is 1. The Hall–Kier alpha value is -3.16. The Morgan fingerprint density at radius 3 is 2.40 bits per heavy atom. The SMILES string of the molecule is Cc1cccc(C(=O)Nc2ccc3c(c2)CC(N2CCOCC2)C3)c1-c1ccc(C(F)(F)F)cc1. The lowest BCUT2D eigenvalue weighted by Gasteiger charge is -2.32. The van der Waals surface area contributed by atoms with E-state index in [1.165, 1.54) is 23.3 Å². The molecule has 1 aliphatic heterocycles. The Morgan fingerprint density at radius 1 is 0.971 bits per heavy atom. The number of nitrogens with one attached hydrogen (secondary N) is 1. The summed E-state index contributed by atoms with van der Waals surface area (Å²) in [5, 5.41) is 3.00. The minimum Gasteiger partial charge on any atom is -0.379 e. The van der Waals surface area contributed by atoms with Crippen LogP contribution in [0.25, 0.3) is 11.1 Å². The van der Waals surface area contributed by atoms with E-state index in [0.717, 1.165) is 62.5 Å². The Balaban J connectivity index is 1.36. The maximum atomic E-state index is 13.3. The molecule has 1 saturated heterocycles. The van der Waals surface area contributed by atoms with Crippen LogP contribution in [0.15, 0.2) is 60.7 Å². The highest BCUT2D eigenvalue weighted by Crippen LogP contribution is 2.34. The van der Waals surface area contributed by atoms with Crippen LogP contribution in [0.5, 0.6) is 0 Å². The summed E-state index contributed by atoms with van der Waals surface area (Å²) in [7, 11) is 0. The molecular weight excluding hydrogens is 453 g/mol. The lowest BCUT2D eigenvalue weighted by Crippen LogP contribution is -2.43. The molecule has 4 nitrogen and oxygen atoms in total. The number of ether oxygens (including phenoxy) is 1. The highest BCUT2D eigenvalue weighted by molar-refractivity contribution is 6.09. The zero-order valence-corrected chi connectivity index (χ0v) is 19.5. The van der Waals surface area contributed by atoms with Crippen molar-refractivity contribution < 1.29 is 22.7 Å². The molecule has 0 bridgehead atoms. The monoisotopic (exact) mass is 480 g/mol. The quantitative estimate of drug-likeness (QED) is 0.518. The molecule has 0 aromatic heterocycles. The van der Waals surface area contributed by atoms with E-state index in [0.29, 0.717) is 22.7 Å². The standard InChI is InChI=1S/C28H27F3N2O2/c1-18-3-2-4-25(26(18)19-5-8-22(9-6-19)28(29,30)31)27(34)32-23-10-7-20-16-24(17-21(20)15-23)33-11-13-35-14-12-33/h2-10,15,24H,11-14,16-17H2,1H3,(H,32,34). The number of benzene rings is 3. The molecule has 0 spiro atoms. The molecule has 5 rings (SSSR count). The van der Waals surface area contributed by atoms with Gasteiger partial charge in [-0.3, -0.25) is 9.69 Å². The first-order valence-electron chi connectivity index (χ1n) is 11.8. The Bertz CT molecular complexity index is 1230. The van der Waals surface area contributed by atoms with Gasteiger partial charge in [-0.25, -0.2) is 0 Å². The maximum absolute atomic E-state index is 13.3. The second-order valence-corrected chi connectivity index (χ2v) is 9.22. The van der Waals surface area contributed by atoms with Crippen molar-refractivity contribution in [2.24, 2.45) is 0 Å². The second-order valence-electron chi connectivity index (χ2n) is 9.22. The van der Waals surface area contributed by atoms with E-state index in [9.17, 15) is 18.0 Å². The molecule has 1 amide bonds. The lowest BCUT2D eigenvalue weighted by molar-refractivity contribution is -0.137. The van der Waals surface area contributed by atoms with Crippen LogP contribution < -0.4 is 5.32 Å². The van der Waals surface area contributed by atoms with Crippen LogP contribution in [0.1, 0.15) is 32.6 Å². The van der Waals surface area contributed by atoms with Gasteiger partial charge in [-0.15, -0.1) is 0 Å². The van der Waals surface area contributed by atoms with Crippen molar-refractivity contribution in [1.29, 1.82) is 0 Å². The van der Waals surface area contributed by atoms with E-state index in [-0.39, 0.29) is 5.91 Å². The number of carbonyl (C=O) groups excluding carboxylic acids is 1. The molecule has 2 aliphatic rings. The Labute approximate surface area is 202 Å². The summed E-state index contributed by atoms with van der Waals surface area (Å²) in [6.07, 6.45) is -2.46. The summed E-state index contributed by atoms with van der Waals surface area (Å²) in [6, 6.07) is 16.8. The molecule has 1 heterocycles. The maximum Gasteiger partial charge on any atom is 0.416 e. The molecule has 1 atom stereocenters. The number of morpholine rings is 1. The van der Waals surface area contributed by atoms with Crippen LogP contribution in [0.3, 0.4) is 0 Å². The van der Waals surface area contributed by atoms with Crippen molar-refractivity contribution in [3.63, 3.8) is 0 Å². The molecule has 1 fully saturated rings. The van der Waals surface area contributed by atoms with E-state index >= 15 is 0 Å². The average Bonchev–Trinajstić information content (AvgIpc) is 3.27. The van der Waals surface area contributed by atoms with Crippen LogP contribution in [0.4, 0.5) is 18.9 Å². The summed E-state index contributed by atoms with van der Waals surface area (Å²) < 4.78 is 44.5. The van der Waals surface area contributed by atoms with Crippen molar-refractivity contribution >= 4 is 11.6 Å². The molecule has 1 unspecified atom stereocenters. The van der Waals surface area contributed by atoms with Gasteiger partial charge < -0.3 is 10.1 Å². The van der Waals surface area contributed by atoms with Crippen LogP contribution in [-0.4, -0.2) is 43.2 Å². The summed E-state index contributed by atoms with van der Waals surface area (Å²) in [5.74, 6) is -0.286. The fourth-order valence-corrected chi connectivity index (χ4v) is 5.14. The first kappa shape index (κ1) is 23.6. The highest BCUT2D eigenvalue weighted by Gasteiger charge is 2.30. The van der Waals surface area contributed by atoms with Gasteiger partial charge in [0.15, 0.2) is 0 Å². The summed E-state index contributed by atoms with van der Waals surface area (Å²) in [4.78, 5) is 15.8. The fraction of sp³-hybridized carbons (Fsp3) is 0.321. The van der Waals surface area contributed by atoms with Crippen LogP contribution in [0.2, 0.25) is 0 Å². The normalized spacial score (nSPS) is 18.3. The predicted octanol–water partition coefficient (Wildman–Crippen LogP) is 5.73. The number of halogens is 3. The van der Waals surface area contributed by atoms with E-state index in [4.69, 9.17) is 4.74 Å². The molecule has 1 N–H and O–H groups in total. The average molecular weight is 481 g/mol. The van der Waals surface area contributed by atoms with Gasteiger partial charge in [0.2, 0.25) is 0 Å². The molecule has 1 aliphatic carbocycles. The summed E-state index contributed by atoms with van der Waals surface area (Å²) in [5.41, 5.74) is 5.00. The highest BCUT2D eigenvalue weighted by atomic mass is 19.4. The van der Waals surface area contributed by atoms with Gasteiger partial charge in [0.05, 0.1) is 18.8 Å². The number of fused-ring (bicyclic) bond motifs is 1. The molecule has 3 aromatic rings. The van der Waals surface area contributed by atoms with Gasteiger partial charge in [-0.05, 0) is 77.9 Å².